The van der Waals surface area contributed by atoms with Gasteiger partial charge < -0.3 is 11.1 Å². The Labute approximate surface area is 71.8 Å². The third-order valence-corrected chi connectivity index (χ3v) is 1.46. The van der Waals surface area contributed by atoms with Crippen LogP contribution in [0.25, 0.3) is 0 Å². The minimum absolute atomic E-state index is 0.00796. The molecule has 0 rings (SSSR count). The highest BCUT2D eigenvalue weighted by Gasteiger charge is 2.19. The summed E-state index contributed by atoms with van der Waals surface area (Å²) >= 11 is 0. The summed E-state index contributed by atoms with van der Waals surface area (Å²) in [6, 6.07) is -0.615. The van der Waals surface area contributed by atoms with Crippen molar-refractivity contribution >= 4 is 11.8 Å². The summed E-state index contributed by atoms with van der Waals surface area (Å²) in [5.74, 6) is -0.917. The standard InChI is InChI=1S/C8H14N2O2/c1-4-6(11)10-7(5(2)3)8(9)12/h4-5,7H,1H2,2-3H3,(H2,9,12)(H,10,11). The summed E-state index contributed by atoms with van der Waals surface area (Å²) in [5, 5.41) is 2.43. The Morgan fingerprint density at radius 1 is 1.50 bits per heavy atom. The molecule has 0 aliphatic heterocycles. The Bertz CT molecular complexity index is 199. The van der Waals surface area contributed by atoms with Gasteiger partial charge in [-0.05, 0) is 12.0 Å². The van der Waals surface area contributed by atoms with Crippen molar-refractivity contribution in [3.05, 3.63) is 12.7 Å². The van der Waals surface area contributed by atoms with E-state index in [1.165, 1.54) is 0 Å². The fraction of sp³-hybridized carbons (Fsp3) is 0.500. The molecule has 1 atom stereocenters. The van der Waals surface area contributed by atoms with E-state index in [0.717, 1.165) is 6.08 Å². The van der Waals surface area contributed by atoms with E-state index in [2.05, 4.69) is 11.9 Å². The van der Waals surface area contributed by atoms with Crippen LogP contribution in [0.1, 0.15) is 13.8 Å². The summed E-state index contributed by atoms with van der Waals surface area (Å²) < 4.78 is 0. The second-order valence-corrected chi connectivity index (χ2v) is 2.84. The van der Waals surface area contributed by atoms with Crippen LogP contribution in [0.2, 0.25) is 0 Å². The van der Waals surface area contributed by atoms with Crippen LogP contribution in [-0.4, -0.2) is 17.9 Å². The predicted octanol–water partition coefficient (Wildman–Crippen LogP) is -0.202. The summed E-state index contributed by atoms with van der Waals surface area (Å²) in [5.41, 5.74) is 5.05. The van der Waals surface area contributed by atoms with Crippen molar-refractivity contribution in [1.29, 1.82) is 0 Å². The van der Waals surface area contributed by atoms with Gasteiger partial charge in [-0.1, -0.05) is 20.4 Å². The van der Waals surface area contributed by atoms with Gasteiger partial charge >= 0.3 is 0 Å². The lowest BCUT2D eigenvalue weighted by molar-refractivity contribution is -0.126. The molecule has 2 amide bonds. The number of nitrogens with one attached hydrogen (secondary N) is 1. The molecule has 12 heavy (non-hydrogen) atoms. The highest BCUT2D eigenvalue weighted by Crippen LogP contribution is 1.99. The van der Waals surface area contributed by atoms with Crippen LogP contribution in [0.15, 0.2) is 12.7 Å². The molecule has 1 unspecified atom stereocenters. The first kappa shape index (κ1) is 10.7. The minimum atomic E-state index is -0.615. The van der Waals surface area contributed by atoms with Gasteiger partial charge in [0.1, 0.15) is 6.04 Å². The molecular formula is C8H14N2O2. The van der Waals surface area contributed by atoms with Crippen LogP contribution in [0.3, 0.4) is 0 Å². The fourth-order valence-corrected chi connectivity index (χ4v) is 0.779. The zero-order chi connectivity index (χ0) is 9.72. The summed E-state index contributed by atoms with van der Waals surface area (Å²) in [6.07, 6.45) is 1.11. The lowest BCUT2D eigenvalue weighted by atomic mass is 10.0. The van der Waals surface area contributed by atoms with Gasteiger partial charge in [-0.15, -0.1) is 0 Å². The molecule has 0 aromatic carbocycles. The van der Waals surface area contributed by atoms with Crippen LogP contribution in [-0.2, 0) is 9.59 Å². The Hall–Kier alpha value is -1.32. The molecule has 0 aliphatic carbocycles. The van der Waals surface area contributed by atoms with E-state index in [9.17, 15) is 9.59 Å². The average Bonchev–Trinajstić information content (AvgIpc) is 1.98. The lowest BCUT2D eigenvalue weighted by Crippen LogP contribution is -2.47. The number of carbonyl (C=O) groups excluding carboxylic acids is 2. The van der Waals surface area contributed by atoms with Crippen LogP contribution >= 0.6 is 0 Å². The van der Waals surface area contributed by atoms with Gasteiger partial charge in [0.2, 0.25) is 11.8 Å². The van der Waals surface area contributed by atoms with Crippen LogP contribution < -0.4 is 11.1 Å². The number of rotatable bonds is 4. The first-order valence-corrected chi connectivity index (χ1v) is 3.71. The molecule has 0 aromatic heterocycles. The van der Waals surface area contributed by atoms with E-state index in [1.54, 1.807) is 13.8 Å². The second kappa shape index (κ2) is 4.54. The number of primary amides is 1. The average molecular weight is 170 g/mol. The molecule has 4 nitrogen and oxygen atoms in total. The van der Waals surface area contributed by atoms with Crippen molar-refractivity contribution in [2.45, 2.75) is 19.9 Å². The molecule has 68 valence electrons. The van der Waals surface area contributed by atoms with Crippen LogP contribution in [0.5, 0.6) is 0 Å². The highest BCUT2D eigenvalue weighted by molar-refractivity contribution is 5.92. The van der Waals surface area contributed by atoms with E-state index >= 15 is 0 Å². The number of nitrogens with two attached hydrogens (primary N) is 1. The molecule has 3 N–H and O–H groups in total. The third-order valence-electron chi connectivity index (χ3n) is 1.46. The van der Waals surface area contributed by atoms with Crippen LogP contribution in [0.4, 0.5) is 0 Å². The molecule has 0 bridgehead atoms. The zero-order valence-electron chi connectivity index (χ0n) is 7.33. The molecule has 0 saturated heterocycles. The minimum Gasteiger partial charge on any atom is -0.368 e. The fourth-order valence-electron chi connectivity index (χ4n) is 0.779. The van der Waals surface area contributed by atoms with Gasteiger partial charge in [0.15, 0.2) is 0 Å². The molecule has 4 heteroatoms. The maximum absolute atomic E-state index is 10.8. The largest absolute Gasteiger partial charge is 0.368 e. The van der Waals surface area contributed by atoms with Crippen molar-refractivity contribution in [3.8, 4) is 0 Å². The van der Waals surface area contributed by atoms with Gasteiger partial charge in [0.25, 0.3) is 0 Å². The third kappa shape index (κ3) is 3.18. The van der Waals surface area contributed by atoms with E-state index < -0.39 is 11.9 Å². The van der Waals surface area contributed by atoms with E-state index in [4.69, 9.17) is 5.73 Å². The first-order chi connectivity index (χ1) is 5.49. The predicted molar refractivity (Wildman–Crippen MR) is 46.2 cm³/mol. The summed E-state index contributed by atoms with van der Waals surface area (Å²) in [6.45, 7) is 6.88. The number of carbonyl (C=O) groups is 2. The van der Waals surface area contributed by atoms with Crippen molar-refractivity contribution in [1.82, 2.24) is 5.32 Å². The SMILES string of the molecule is C=CC(=O)NC(C(N)=O)C(C)C. The van der Waals surface area contributed by atoms with Crippen molar-refractivity contribution in [3.63, 3.8) is 0 Å². The van der Waals surface area contributed by atoms with Gasteiger partial charge in [0, 0.05) is 0 Å². The Kier molecular flexibility index (Phi) is 4.04. The molecule has 0 heterocycles. The Morgan fingerprint density at radius 2 is 2.00 bits per heavy atom. The molecule has 0 saturated carbocycles. The quantitative estimate of drug-likeness (QED) is 0.573. The van der Waals surface area contributed by atoms with E-state index in [0.29, 0.717) is 0 Å². The molecular weight excluding hydrogens is 156 g/mol. The highest BCUT2D eigenvalue weighted by atomic mass is 16.2. The smallest absolute Gasteiger partial charge is 0.244 e. The first-order valence-electron chi connectivity index (χ1n) is 3.71. The summed E-state index contributed by atoms with van der Waals surface area (Å²) in [7, 11) is 0. The van der Waals surface area contributed by atoms with Gasteiger partial charge in [-0.25, -0.2) is 0 Å². The molecule has 0 radical (unpaired) electrons. The van der Waals surface area contributed by atoms with Crippen molar-refractivity contribution < 1.29 is 9.59 Å². The molecule has 0 spiro atoms. The zero-order valence-corrected chi connectivity index (χ0v) is 7.33. The van der Waals surface area contributed by atoms with Crippen molar-refractivity contribution in [2.75, 3.05) is 0 Å². The monoisotopic (exact) mass is 170 g/mol. The maximum Gasteiger partial charge on any atom is 0.244 e. The van der Waals surface area contributed by atoms with Crippen LogP contribution in [0, 0.1) is 5.92 Å². The number of hydrogen-bond acceptors (Lipinski definition) is 2. The van der Waals surface area contributed by atoms with E-state index in [-0.39, 0.29) is 11.8 Å². The van der Waals surface area contributed by atoms with Crippen molar-refractivity contribution in [2.24, 2.45) is 11.7 Å². The summed E-state index contributed by atoms with van der Waals surface area (Å²) in [4.78, 5) is 21.6. The van der Waals surface area contributed by atoms with Gasteiger partial charge in [-0.3, -0.25) is 9.59 Å². The maximum atomic E-state index is 10.8. The number of amides is 2. The van der Waals surface area contributed by atoms with Gasteiger partial charge in [0.05, 0.1) is 0 Å². The Morgan fingerprint density at radius 3 is 2.25 bits per heavy atom. The van der Waals surface area contributed by atoms with E-state index in [1.807, 2.05) is 0 Å². The van der Waals surface area contributed by atoms with Gasteiger partial charge in [-0.2, -0.15) is 0 Å². The normalized spacial score (nSPS) is 12.2. The number of hydrogen-bond donors (Lipinski definition) is 2. The second-order valence-electron chi connectivity index (χ2n) is 2.84. The Balaban J connectivity index is 4.23. The lowest BCUT2D eigenvalue weighted by Gasteiger charge is -2.17. The molecule has 0 aliphatic rings. The topological polar surface area (TPSA) is 72.2 Å². The molecule has 0 fully saturated rings. The molecule has 0 aromatic rings.